The molecule has 4 fully saturated rings. The first-order chi connectivity index (χ1) is 9.47. The molecule has 1 spiro atoms. The molecule has 0 radical (unpaired) electrons. The molecule has 3 aliphatic heterocycles. The predicted molar refractivity (Wildman–Crippen MR) is 70.0 cm³/mol. The lowest BCUT2D eigenvalue weighted by molar-refractivity contribution is -0.336. The fourth-order valence-electron chi connectivity index (χ4n) is 4.68. The second kappa shape index (κ2) is 4.17. The SMILES string of the molecule is C[C@H]1C[C@@H]2C[C@@H](CO)O[C@@H](O2)[C@@]12CC[C@](C)(O)[C@H]1O[C@H]12. The summed E-state index contributed by atoms with van der Waals surface area (Å²) in [5, 5.41) is 19.8. The molecule has 114 valence electrons. The molecule has 2 N–H and O–H groups in total. The molecular weight excluding hydrogens is 260 g/mol. The molecule has 3 saturated heterocycles. The fourth-order valence-corrected chi connectivity index (χ4v) is 4.68. The minimum atomic E-state index is -0.725. The molecule has 1 aliphatic carbocycles. The average Bonchev–Trinajstić information content (AvgIpc) is 3.19. The molecule has 1 saturated carbocycles. The van der Waals surface area contributed by atoms with Crippen molar-refractivity contribution in [3.05, 3.63) is 0 Å². The van der Waals surface area contributed by atoms with Crippen molar-refractivity contribution in [2.45, 2.75) is 75.8 Å². The van der Waals surface area contributed by atoms with Gasteiger partial charge in [0.15, 0.2) is 6.29 Å². The van der Waals surface area contributed by atoms with Crippen LogP contribution in [0.5, 0.6) is 0 Å². The zero-order valence-corrected chi connectivity index (χ0v) is 12.1. The number of aliphatic hydroxyl groups is 2. The Morgan fingerprint density at radius 3 is 2.65 bits per heavy atom. The van der Waals surface area contributed by atoms with Crippen LogP contribution < -0.4 is 0 Å². The number of ether oxygens (including phenoxy) is 3. The van der Waals surface area contributed by atoms with Crippen LogP contribution in [-0.2, 0) is 14.2 Å². The topological polar surface area (TPSA) is 71.5 Å². The van der Waals surface area contributed by atoms with Gasteiger partial charge in [-0.05, 0) is 32.1 Å². The second-order valence-electron chi connectivity index (χ2n) is 7.35. The monoisotopic (exact) mass is 284 g/mol. The van der Waals surface area contributed by atoms with Crippen molar-refractivity contribution in [3.63, 3.8) is 0 Å². The van der Waals surface area contributed by atoms with E-state index in [9.17, 15) is 10.2 Å². The Kier molecular flexibility index (Phi) is 2.81. The van der Waals surface area contributed by atoms with Gasteiger partial charge in [-0.1, -0.05) is 6.92 Å². The van der Waals surface area contributed by atoms with Crippen LogP contribution >= 0.6 is 0 Å². The van der Waals surface area contributed by atoms with Gasteiger partial charge in [-0.3, -0.25) is 0 Å². The third-order valence-corrected chi connectivity index (χ3v) is 6.03. The van der Waals surface area contributed by atoms with Gasteiger partial charge in [0.2, 0.25) is 0 Å². The van der Waals surface area contributed by atoms with E-state index in [2.05, 4.69) is 6.92 Å². The van der Waals surface area contributed by atoms with E-state index in [1.807, 2.05) is 6.92 Å². The first-order valence-electron chi connectivity index (χ1n) is 7.77. The largest absolute Gasteiger partial charge is 0.394 e. The fraction of sp³-hybridized carbons (Fsp3) is 1.00. The summed E-state index contributed by atoms with van der Waals surface area (Å²) in [4.78, 5) is 0. The van der Waals surface area contributed by atoms with Crippen molar-refractivity contribution in [1.82, 2.24) is 0 Å². The zero-order valence-electron chi connectivity index (χ0n) is 12.1. The molecule has 4 rings (SSSR count). The van der Waals surface area contributed by atoms with E-state index >= 15 is 0 Å². The number of rotatable bonds is 1. The molecule has 8 atom stereocenters. The number of hydrogen-bond donors (Lipinski definition) is 2. The Balaban J connectivity index is 1.64. The summed E-state index contributed by atoms with van der Waals surface area (Å²) < 4.78 is 17.9. The van der Waals surface area contributed by atoms with E-state index in [0.717, 1.165) is 25.7 Å². The maximum Gasteiger partial charge on any atom is 0.166 e. The van der Waals surface area contributed by atoms with E-state index in [-0.39, 0.29) is 42.7 Å². The Morgan fingerprint density at radius 1 is 1.10 bits per heavy atom. The maximum absolute atomic E-state index is 10.4. The number of hydrogen-bond acceptors (Lipinski definition) is 5. The van der Waals surface area contributed by atoms with E-state index in [4.69, 9.17) is 14.2 Å². The smallest absolute Gasteiger partial charge is 0.166 e. The highest BCUT2D eigenvalue weighted by Gasteiger charge is 2.71. The van der Waals surface area contributed by atoms with Gasteiger partial charge in [0.05, 0.1) is 35.9 Å². The van der Waals surface area contributed by atoms with Gasteiger partial charge in [-0.25, -0.2) is 0 Å². The first-order valence-corrected chi connectivity index (χ1v) is 7.77. The molecule has 0 aromatic carbocycles. The van der Waals surface area contributed by atoms with Crippen molar-refractivity contribution in [2.75, 3.05) is 6.61 Å². The van der Waals surface area contributed by atoms with Crippen LogP contribution in [0, 0.1) is 11.3 Å². The number of epoxide rings is 1. The van der Waals surface area contributed by atoms with Crippen molar-refractivity contribution in [2.24, 2.45) is 11.3 Å². The van der Waals surface area contributed by atoms with E-state index in [1.54, 1.807) is 0 Å². The van der Waals surface area contributed by atoms with Crippen LogP contribution in [0.2, 0.25) is 0 Å². The minimum absolute atomic E-state index is 0.0321. The molecule has 5 nitrogen and oxygen atoms in total. The normalized spacial score (nSPS) is 61.2. The van der Waals surface area contributed by atoms with E-state index in [0.29, 0.717) is 5.92 Å². The van der Waals surface area contributed by atoms with Crippen molar-refractivity contribution in [3.8, 4) is 0 Å². The van der Waals surface area contributed by atoms with Gasteiger partial charge < -0.3 is 24.4 Å². The lowest BCUT2D eigenvalue weighted by atomic mass is 9.59. The van der Waals surface area contributed by atoms with Crippen LogP contribution in [0.3, 0.4) is 0 Å². The molecule has 3 heterocycles. The molecule has 0 unspecified atom stereocenters. The van der Waals surface area contributed by atoms with Crippen molar-refractivity contribution >= 4 is 0 Å². The molecular formula is C15H24O5. The lowest BCUT2D eigenvalue weighted by Gasteiger charge is -2.55. The third-order valence-electron chi connectivity index (χ3n) is 6.03. The zero-order chi connectivity index (χ0) is 14.1. The Morgan fingerprint density at radius 2 is 1.90 bits per heavy atom. The molecule has 5 heteroatoms. The third kappa shape index (κ3) is 1.67. The first kappa shape index (κ1) is 13.5. The Bertz CT molecular complexity index is 409. The van der Waals surface area contributed by atoms with Gasteiger partial charge >= 0.3 is 0 Å². The highest BCUT2D eigenvalue weighted by atomic mass is 16.7. The van der Waals surface area contributed by atoms with Gasteiger partial charge in [0, 0.05) is 6.42 Å². The van der Waals surface area contributed by atoms with E-state index in [1.165, 1.54) is 0 Å². The van der Waals surface area contributed by atoms with Crippen molar-refractivity contribution < 1.29 is 24.4 Å². The van der Waals surface area contributed by atoms with Crippen molar-refractivity contribution in [1.29, 1.82) is 0 Å². The standard InChI is InChI=1S/C15H24O5/c1-8-5-9-6-10(7-16)19-13(18-9)15(8)4-3-14(2,17)11-12(15)20-11/h8-13,16-17H,3-7H2,1-2H3/t8-,9+,10-,11-,12+,13+,14-,15-/m0/s1. The maximum atomic E-state index is 10.4. The summed E-state index contributed by atoms with van der Waals surface area (Å²) >= 11 is 0. The highest BCUT2D eigenvalue weighted by Crippen LogP contribution is 2.62. The molecule has 0 aromatic rings. The summed E-state index contributed by atoms with van der Waals surface area (Å²) in [5.74, 6) is 0.456. The molecule has 0 amide bonds. The lowest BCUT2D eigenvalue weighted by Crippen LogP contribution is -2.62. The van der Waals surface area contributed by atoms with Crippen LogP contribution in [0.25, 0.3) is 0 Å². The average molecular weight is 284 g/mol. The predicted octanol–water partition coefficient (Wildman–Crippen LogP) is 0.817. The van der Waals surface area contributed by atoms with Crippen LogP contribution in [-0.4, -0.2) is 53.1 Å². The van der Waals surface area contributed by atoms with Crippen LogP contribution in [0.4, 0.5) is 0 Å². The Hall–Kier alpha value is -0.200. The second-order valence-corrected chi connectivity index (χ2v) is 7.35. The molecule has 4 aliphatic rings. The van der Waals surface area contributed by atoms with Crippen LogP contribution in [0.1, 0.15) is 39.5 Å². The van der Waals surface area contributed by atoms with Gasteiger partial charge in [0.25, 0.3) is 0 Å². The van der Waals surface area contributed by atoms with E-state index < -0.39 is 5.60 Å². The summed E-state index contributed by atoms with van der Waals surface area (Å²) in [6.07, 6.45) is 3.06. The summed E-state index contributed by atoms with van der Waals surface area (Å²) in [7, 11) is 0. The Labute approximate surface area is 119 Å². The number of aliphatic hydroxyl groups excluding tert-OH is 1. The molecule has 0 aromatic heterocycles. The number of fused-ring (bicyclic) bond motifs is 5. The molecule has 20 heavy (non-hydrogen) atoms. The van der Waals surface area contributed by atoms with Gasteiger partial charge in [0.1, 0.15) is 6.10 Å². The quantitative estimate of drug-likeness (QED) is 0.698. The van der Waals surface area contributed by atoms with Gasteiger partial charge in [-0.15, -0.1) is 0 Å². The van der Waals surface area contributed by atoms with Crippen LogP contribution in [0.15, 0.2) is 0 Å². The summed E-state index contributed by atoms with van der Waals surface area (Å²) in [6, 6.07) is 0. The van der Waals surface area contributed by atoms with Gasteiger partial charge in [-0.2, -0.15) is 0 Å². The summed E-state index contributed by atoms with van der Waals surface area (Å²) in [6.45, 7) is 4.16. The minimum Gasteiger partial charge on any atom is -0.394 e. The molecule has 2 bridgehead atoms. The highest BCUT2D eigenvalue weighted by molar-refractivity contribution is 5.16. The summed E-state index contributed by atoms with van der Waals surface area (Å²) in [5.41, 5.74) is -0.880.